The van der Waals surface area contributed by atoms with E-state index in [-0.39, 0.29) is 12.1 Å². The molecular weight excluding hydrogens is 316 g/mol. The van der Waals surface area contributed by atoms with E-state index in [9.17, 15) is 0 Å². The maximum atomic E-state index is 5.48. The van der Waals surface area contributed by atoms with E-state index >= 15 is 0 Å². The molecular formula is C19H18N4S. The fraction of sp³-hybridized carbons (Fsp3) is 0.158. The lowest BCUT2D eigenvalue weighted by Gasteiger charge is -2.23. The molecule has 5 heteroatoms. The number of rotatable bonds is 3. The average Bonchev–Trinajstić information content (AvgIpc) is 3.22. The molecule has 4 nitrogen and oxygen atoms in total. The molecule has 0 radical (unpaired) electrons. The van der Waals surface area contributed by atoms with Crippen LogP contribution in [-0.4, -0.2) is 26.6 Å². The Bertz CT molecular complexity index is 844. The largest absolute Gasteiger partial charge is 0.352 e. The molecule has 120 valence electrons. The van der Waals surface area contributed by atoms with Crippen LogP contribution in [0.25, 0.3) is 5.69 Å². The number of nitrogens with zero attached hydrogens (tertiary/aromatic N) is 3. The third-order valence-electron chi connectivity index (χ3n) is 4.45. The molecule has 2 atom stereocenters. The number of hydrogen-bond donors (Lipinski definition) is 1. The molecule has 0 aliphatic carbocycles. The fourth-order valence-electron chi connectivity index (χ4n) is 3.22. The molecule has 3 aromatic rings. The molecule has 0 unspecified atom stereocenters. The first-order valence-corrected chi connectivity index (χ1v) is 8.32. The predicted octanol–water partition coefficient (Wildman–Crippen LogP) is 3.47. The Morgan fingerprint density at radius 3 is 2.58 bits per heavy atom. The van der Waals surface area contributed by atoms with Gasteiger partial charge < -0.3 is 14.8 Å². The summed E-state index contributed by atoms with van der Waals surface area (Å²) in [5.41, 5.74) is 3.36. The number of nitrogens with one attached hydrogen (secondary N) is 1. The molecule has 0 saturated carbocycles. The third-order valence-corrected chi connectivity index (χ3v) is 4.86. The fourth-order valence-corrected chi connectivity index (χ4v) is 3.46. The first-order chi connectivity index (χ1) is 11.7. The molecule has 0 amide bonds. The summed E-state index contributed by atoms with van der Waals surface area (Å²) in [7, 11) is 2.03. The Kier molecular flexibility index (Phi) is 3.78. The van der Waals surface area contributed by atoms with Crippen molar-refractivity contribution in [2.24, 2.45) is 0 Å². The number of hydrogen-bond acceptors (Lipinski definition) is 2. The summed E-state index contributed by atoms with van der Waals surface area (Å²) >= 11 is 5.48. The first kappa shape index (κ1) is 14.9. The van der Waals surface area contributed by atoms with Crippen molar-refractivity contribution in [1.82, 2.24) is 19.8 Å². The molecule has 0 bridgehead atoms. The van der Waals surface area contributed by atoms with Crippen LogP contribution in [-0.2, 0) is 0 Å². The van der Waals surface area contributed by atoms with Crippen LogP contribution < -0.4 is 5.32 Å². The Labute approximate surface area is 146 Å². The van der Waals surface area contributed by atoms with Crippen LogP contribution in [0.5, 0.6) is 0 Å². The number of para-hydroxylation sites is 1. The molecule has 1 N–H and O–H groups in total. The highest BCUT2D eigenvalue weighted by molar-refractivity contribution is 7.80. The van der Waals surface area contributed by atoms with E-state index in [1.54, 1.807) is 0 Å². The second kappa shape index (κ2) is 6.09. The summed E-state index contributed by atoms with van der Waals surface area (Å²) in [5.74, 6) is 0. The van der Waals surface area contributed by atoms with Gasteiger partial charge in [-0.2, -0.15) is 0 Å². The summed E-state index contributed by atoms with van der Waals surface area (Å²) in [5, 5.41) is 4.16. The summed E-state index contributed by atoms with van der Waals surface area (Å²) in [6.07, 6.45) is 6.09. The van der Waals surface area contributed by atoms with Gasteiger partial charge in [-0.15, -0.1) is 0 Å². The number of pyridine rings is 1. The topological polar surface area (TPSA) is 33.1 Å². The van der Waals surface area contributed by atoms with E-state index in [1.807, 2.05) is 49.6 Å². The second-order valence-corrected chi connectivity index (χ2v) is 6.31. The summed E-state index contributed by atoms with van der Waals surface area (Å²) < 4.78 is 2.14. The lowest BCUT2D eigenvalue weighted by atomic mass is 9.99. The summed E-state index contributed by atoms with van der Waals surface area (Å²) in [6.45, 7) is 0. The average molecular weight is 334 g/mol. The van der Waals surface area contributed by atoms with Crippen LogP contribution >= 0.6 is 12.2 Å². The minimum atomic E-state index is 0.0512. The van der Waals surface area contributed by atoms with Gasteiger partial charge in [-0.25, -0.2) is 0 Å². The van der Waals surface area contributed by atoms with Gasteiger partial charge >= 0.3 is 0 Å². The highest BCUT2D eigenvalue weighted by atomic mass is 32.1. The maximum Gasteiger partial charge on any atom is 0.169 e. The molecule has 1 aliphatic heterocycles. The standard InChI is InChI=1S/C19H18N4S/c1-22-18(17(21-19(22)24)16-9-5-6-11-20-16)14-10-12-23(13-14)15-7-3-2-4-8-15/h2-13,17-18H,1H3,(H,21,24)/t17-,18-/m1/s1. The lowest BCUT2D eigenvalue weighted by molar-refractivity contribution is 0.368. The van der Waals surface area contributed by atoms with Gasteiger partial charge in [-0.3, -0.25) is 4.98 Å². The van der Waals surface area contributed by atoms with Gasteiger partial charge in [-0.05, 0) is 48.1 Å². The lowest BCUT2D eigenvalue weighted by Crippen LogP contribution is -2.24. The van der Waals surface area contributed by atoms with Crippen molar-refractivity contribution in [2.75, 3.05) is 7.05 Å². The van der Waals surface area contributed by atoms with Crippen molar-refractivity contribution in [1.29, 1.82) is 0 Å². The Morgan fingerprint density at radius 1 is 1.04 bits per heavy atom. The molecule has 4 rings (SSSR count). The van der Waals surface area contributed by atoms with Crippen molar-refractivity contribution < 1.29 is 0 Å². The molecule has 2 aromatic heterocycles. The van der Waals surface area contributed by atoms with Gasteiger partial charge in [0.2, 0.25) is 0 Å². The summed E-state index contributed by atoms with van der Waals surface area (Å²) in [6, 6.07) is 18.6. The van der Waals surface area contributed by atoms with Crippen LogP contribution in [0.4, 0.5) is 0 Å². The van der Waals surface area contributed by atoms with E-state index in [0.717, 1.165) is 16.5 Å². The smallest absolute Gasteiger partial charge is 0.169 e. The third kappa shape index (κ3) is 2.57. The Morgan fingerprint density at radius 2 is 1.83 bits per heavy atom. The first-order valence-electron chi connectivity index (χ1n) is 7.91. The zero-order valence-corrected chi connectivity index (χ0v) is 14.1. The van der Waals surface area contributed by atoms with Crippen LogP contribution in [0.1, 0.15) is 23.3 Å². The minimum absolute atomic E-state index is 0.0512. The van der Waals surface area contributed by atoms with Gasteiger partial charge in [0.05, 0.1) is 17.8 Å². The van der Waals surface area contributed by atoms with Crippen molar-refractivity contribution in [3.63, 3.8) is 0 Å². The molecule has 0 spiro atoms. The van der Waals surface area contributed by atoms with Gasteiger partial charge in [0.15, 0.2) is 5.11 Å². The molecule has 1 saturated heterocycles. The van der Waals surface area contributed by atoms with E-state index in [0.29, 0.717) is 0 Å². The van der Waals surface area contributed by atoms with Crippen molar-refractivity contribution in [3.05, 3.63) is 84.4 Å². The van der Waals surface area contributed by atoms with Gasteiger partial charge in [0.25, 0.3) is 0 Å². The van der Waals surface area contributed by atoms with Crippen LogP contribution in [0.3, 0.4) is 0 Å². The van der Waals surface area contributed by atoms with Crippen LogP contribution in [0, 0.1) is 0 Å². The monoisotopic (exact) mass is 334 g/mol. The van der Waals surface area contributed by atoms with E-state index in [4.69, 9.17) is 12.2 Å². The van der Waals surface area contributed by atoms with Crippen molar-refractivity contribution in [2.45, 2.75) is 12.1 Å². The van der Waals surface area contributed by atoms with Crippen LogP contribution in [0.15, 0.2) is 73.2 Å². The zero-order valence-electron chi connectivity index (χ0n) is 13.3. The Balaban J connectivity index is 1.71. The van der Waals surface area contributed by atoms with E-state index in [2.05, 4.69) is 50.4 Å². The number of benzene rings is 1. The molecule has 24 heavy (non-hydrogen) atoms. The molecule has 1 aromatic carbocycles. The molecule has 3 heterocycles. The number of aromatic nitrogens is 2. The highest BCUT2D eigenvalue weighted by Crippen LogP contribution is 2.37. The second-order valence-electron chi connectivity index (χ2n) is 5.93. The van der Waals surface area contributed by atoms with Gasteiger partial charge in [-0.1, -0.05) is 24.3 Å². The van der Waals surface area contributed by atoms with Crippen LogP contribution in [0.2, 0.25) is 0 Å². The molecule has 1 fully saturated rings. The summed E-state index contributed by atoms with van der Waals surface area (Å²) in [4.78, 5) is 6.63. The SMILES string of the molecule is CN1C(=S)N[C@H](c2ccccn2)[C@H]1c1ccn(-c2ccccc2)c1. The quantitative estimate of drug-likeness (QED) is 0.744. The number of likely N-dealkylation sites (N-methyl/N-ethyl adjacent to an activating group) is 1. The van der Waals surface area contributed by atoms with Gasteiger partial charge in [0, 0.05) is 31.3 Å². The highest BCUT2D eigenvalue weighted by Gasteiger charge is 2.37. The zero-order chi connectivity index (χ0) is 16.5. The van der Waals surface area contributed by atoms with E-state index in [1.165, 1.54) is 5.56 Å². The number of thiocarbonyl (C=S) groups is 1. The van der Waals surface area contributed by atoms with Gasteiger partial charge in [0.1, 0.15) is 0 Å². The van der Waals surface area contributed by atoms with E-state index < -0.39 is 0 Å². The minimum Gasteiger partial charge on any atom is -0.352 e. The molecule has 1 aliphatic rings. The Hall–Kier alpha value is -2.66. The van der Waals surface area contributed by atoms with Crippen molar-refractivity contribution in [3.8, 4) is 5.69 Å². The van der Waals surface area contributed by atoms with Crippen molar-refractivity contribution >= 4 is 17.3 Å². The maximum absolute atomic E-state index is 5.48. The normalized spacial score (nSPS) is 20.2. The predicted molar refractivity (Wildman–Crippen MR) is 99.0 cm³/mol.